The van der Waals surface area contributed by atoms with Crippen molar-refractivity contribution in [1.29, 1.82) is 0 Å². The summed E-state index contributed by atoms with van der Waals surface area (Å²) in [6, 6.07) is 6.59. The summed E-state index contributed by atoms with van der Waals surface area (Å²) < 4.78 is 27.2. The number of rotatable bonds is 3. The molecule has 1 aliphatic heterocycles. The largest absolute Gasteiger partial charge is 0.337 e. The van der Waals surface area contributed by atoms with Crippen molar-refractivity contribution in [2.45, 2.75) is 25.7 Å². The predicted octanol–water partition coefficient (Wildman–Crippen LogP) is 3.51. The second-order valence-corrected chi connectivity index (χ2v) is 5.73. The Morgan fingerprint density at radius 2 is 1.62 bits per heavy atom. The van der Waals surface area contributed by atoms with Crippen molar-refractivity contribution < 1.29 is 13.6 Å². The first-order chi connectivity index (χ1) is 11.6. The van der Waals surface area contributed by atoms with Gasteiger partial charge in [0.1, 0.15) is 17.3 Å². The number of nitrogens with zero attached hydrogens (tertiary/aromatic N) is 3. The number of likely N-dealkylation sites (tertiary alicyclic amines) is 1. The van der Waals surface area contributed by atoms with Crippen LogP contribution in [0.4, 0.5) is 20.3 Å². The zero-order valence-corrected chi connectivity index (χ0v) is 13.1. The lowest BCUT2D eigenvalue weighted by Gasteiger charge is -2.19. The van der Waals surface area contributed by atoms with E-state index in [1.54, 1.807) is 4.90 Å². The van der Waals surface area contributed by atoms with Gasteiger partial charge in [-0.05, 0) is 37.1 Å². The van der Waals surface area contributed by atoms with Gasteiger partial charge in [0.15, 0.2) is 11.5 Å². The Labute approximate surface area is 138 Å². The van der Waals surface area contributed by atoms with Crippen molar-refractivity contribution in [1.82, 2.24) is 15.1 Å². The van der Waals surface area contributed by atoms with E-state index in [0.29, 0.717) is 0 Å². The molecule has 1 N–H and O–H groups in total. The zero-order chi connectivity index (χ0) is 16.9. The third kappa shape index (κ3) is 3.67. The highest BCUT2D eigenvalue weighted by molar-refractivity contribution is 5.92. The number of aromatic nitrogens is 2. The highest BCUT2D eigenvalue weighted by Gasteiger charge is 2.19. The minimum absolute atomic E-state index is 0.159. The highest BCUT2D eigenvalue weighted by atomic mass is 19.1. The molecule has 1 saturated heterocycles. The van der Waals surface area contributed by atoms with Gasteiger partial charge in [-0.15, -0.1) is 10.2 Å². The first-order valence-corrected chi connectivity index (χ1v) is 7.99. The van der Waals surface area contributed by atoms with E-state index < -0.39 is 11.6 Å². The second-order valence-electron chi connectivity index (χ2n) is 5.73. The molecule has 0 spiro atoms. The Morgan fingerprint density at radius 1 is 0.958 bits per heavy atom. The summed E-state index contributed by atoms with van der Waals surface area (Å²) in [6.07, 6.45) is 4.25. The molecule has 126 valence electrons. The highest BCUT2D eigenvalue weighted by Crippen LogP contribution is 2.22. The third-order valence-electron chi connectivity index (χ3n) is 3.99. The molecular weight excluding hydrogens is 314 g/mol. The number of benzene rings is 1. The molecule has 0 unspecified atom stereocenters. The summed E-state index contributed by atoms with van der Waals surface area (Å²) in [7, 11) is 0. The van der Waals surface area contributed by atoms with Gasteiger partial charge in [-0.2, -0.15) is 0 Å². The van der Waals surface area contributed by atoms with Crippen LogP contribution in [0, 0.1) is 11.6 Å². The van der Waals surface area contributed by atoms with Crippen molar-refractivity contribution in [2.75, 3.05) is 18.4 Å². The third-order valence-corrected chi connectivity index (χ3v) is 3.99. The van der Waals surface area contributed by atoms with Crippen LogP contribution in [0.1, 0.15) is 36.2 Å². The topological polar surface area (TPSA) is 58.1 Å². The Morgan fingerprint density at radius 3 is 2.21 bits per heavy atom. The van der Waals surface area contributed by atoms with E-state index in [4.69, 9.17) is 0 Å². The quantitative estimate of drug-likeness (QED) is 0.934. The lowest BCUT2D eigenvalue weighted by Crippen LogP contribution is -2.32. The summed E-state index contributed by atoms with van der Waals surface area (Å²) in [5.74, 6) is -1.43. The molecule has 3 rings (SSSR count). The molecule has 1 aromatic carbocycles. The van der Waals surface area contributed by atoms with Crippen molar-refractivity contribution in [3.8, 4) is 0 Å². The van der Waals surface area contributed by atoms with Gasteiger partial charge in [0, 0.05) is 13.1 Å². The van der Waals surface area contributed by atoms with Gasteiger partial charge in [-0.25, -0.2) is 8.78 Å². The van der Waals surface area contributed by atoms with Gasteiger partial charge in [0.05, 0.1) is 0 Å². The van der Waals surface area contributed by atoms with E-state index in [2.05, 4.69) is 15.5 Å². The van der Waals surface area contributed by atoms with Crippen molar-refractivity contribution in [3.05, 3.63) is 47.7 Å². The maximum atomic E-state index is 13.6. The lowest BCUT2D eigenvalue weighted by molar-refractivity contribution is 0.0754. The lowest BCUT2D eigenvalue weighted by atomic mass is 10.2. The van der Waals surface area contributed by atoms with Gasteiger partial charge >= 0.3 is 0 Å². The first kappa shape index (κ1) is 16.3. The molecule has 5 nitrogen and oxygen atoms in total. The van der Waals surface area contributed by atoms with Crippen molar-refractivity contribution in [2.24, 2.45) is 0 Å². The fourth-order valence-corrected chi connectivity index (χ4v) is 2.69. The molecule has 2 aromatic rings. The fraction of sp³-hybridized carbons (Fsp3) is 0.353. The number of carbonyl (C=O) groups is 1. The summed E-state index contributed by atoms with van der Waals surface area (Å²) in [6.45, 7) is 1.45. The Bertz CT molecular complexity index is 693. The molecular formula is C17H18F2N4O. The number of halogens is 2. The Hall–Kier alpha value is -2.57. The molecule has 1 aliphatic rings. The van der Waals surface area contributed by atoms with Crippen molar-refractivity contribution in [3.63, 3.8) is 0 Å². The number of hydrogen-bond donors (Lipinski definition) is 1. The molecule has 1 aromatic heterocycles. The average Bonchev–Trinajstić information content (AvgIpc) is 2.88. The second kappa shape index (κ2) is 7.33. The minimum Gasteiger partial charge on any atom is -0.337 e. The zero-order valence-electron chi connectivity index (χ0n) is 13.1. The van der Waals surface area contributed by atoms with E-state index in [-0.39, 0.29) is 23.1 Å². The molecule has 0 saturated carbocycles. The van der Waals surface area contributed by atoms with Gasteiger partial charge in [-0.1, -0.05) is 18.9 Å². The van der Waals surface area contributed by atoms with Crippen molar-refractivity contribution >= 4 is 17.4 Å². The predicted molar refractivity (Wildman–Crippen MR) is 86.0 cm³/mol. The number of para-hydroxylation sites is 1. The fourth-order valence-electron chi connectivity index (χ4n) is 2.69. The van der Waals surface area contributed by atoms with Crippen LogP contribution >= 0.6 is 0 Å². The van der Waals surface area contributed by atoms with Gasteiger partial charge in [0.2, 0.25) is 0 Å². The number of amides is 1. The normalized spacial score (nSPS) is 15.0. The molecule has 24 heavy (non-hydrogen) atoms. The van der Waals surface area contributed by atoms with Gasteiger partial charge < -0.3 is 10.2 Å². The summed E-state index contributed by atoms with van der Waals surface area (Å²) >= 11 is 0. The first-order valence-electron chi connectivity index (χ1n) is 7.99. The van der Waals surface area contributed by atoms with Crippen LogP contribution in [-0.2, 0) is 0 Å². The summed E-state index contributed by atoms with van der Waals surface area (Å²) in [4.78, 5) is 14.2. The molecule has 2 heterocycles. The Balaban J connectivity index is 1.72. The molecule has 1 amide bonds. The number of nitrogens with one attached hydrogen (secondary N) is 1. The smallest absolute Gasteiger partial charge is 0.274 e. The van der Waals surface area contributed by atoms with Crippen LogP contribution in [0.5, 0.6) is 0 Å². The minimum atomic E-state index is -0.721. The number of carbonyl (C=O) groups excluding carboxylic acids is 1. The van der Waals surface area contributed by atoms with E-state index >= 15 is 0 Å². The molecule has 0 aliphatic carbocycles. The van der Waals surface area contributed by atoms with Crippen LogP contribution in [0.2, 0.25) is 0 Å². The summed E-state index contributed by atoms with van der Waals surface area (Å²) in [5.41, 5.74) is -0.0603. The van der Waals surface area contributed by atoms with Crippen LogP contribution in [-0.4, -0.2) is 34.1 Å². The van der Waals surface area contributed by atoms with Gasteiger partial charge in [-0.3, -0.25) is 4.79 Å². The molecule has 1 fully saturated rings. The SMILES string of the molecule is O=C(c1ccc(Nc2c(F)cccc2F)nn1)N1CCCCCC1. The van der Waals surface area contributed by atoms with Crippen LogP contribution < -0.4 is 5.32 Å². The molecule has 0 radical (unpaired) electrons. The maximum Gasteiger partial charge on any atom is 0.274 e. The molecule has 0 atom stereocenters. The summed E-state index contributed by atoms with van der Waals surface area (Å²) in [5, 5.41) is 10.3. The van der Waals surface area contributed by atoms with Gasteiger partial charge in [0.25, 0.3) is 5.91 Å². The molecule has 0 bridgehead atoms. The average molecular weight is 332 g/mol. The standard InChI is InChI=1S/C17H18F2N4O/c18-12-6-5-7-13(19)16(12)20-15-9-8-14(21-22-15)17(24)23-10-3-1-2-4-11-23/h5-9H,1-4,10-11H2,(H,20,22). The molecule has 7 heteroatoms. The van der Waals surface area contributed by atoms with E-state index in [0.717, 1.165) is 50.9 Å². The van der Waals surface area contributed by atoms with E-state index in [9.17, 15) is 13.6 Å². The van der Waals surface area contributed by atoms with Crippen LogP contribution in [0.3, 0.4) is 0 Å². The monoisotopic (exact) mass is 332 g/mol. The van der Waals surface area contributed by atoms with E-state index in [1.165, 1.54) is 18.2 Å². The van der Waals surface area contributed by atoms with E-state index in [1.807, 2.05) is 0 Å². The number of anilines is 2. The van der Waals surface area contributed by atoms with Crippen LogP contribution in [0.25, 0.3) is 0 Å². The maximum absolute atomic E-state index is 13.6. The van der Waals surface area contributed by atoms with Crippen LogP contribution in [0.15, 0.2) is 30.3 Å². The Kier molecular flexibility index (Phi) is 4.98. The number of hydrogen-bond acceptors (Lipinski definition) is 4.